The molecule has 1 unspecified atom stereocenters. The van der Waals surface area contributed by atoms with Crippen molar-refractivity contribution in [2.24, 2.45) is 5.92 Å². The number of rotatable bonds is 4. The average Bonchev–Trinajstić information content (AvgIpc) is 2.18. The molecule has 0 spiro atoms. The Bertz CT molecular complexity index is 388. The first-order chi connectivity index (χ1) is 7.41. The van der Waals surface area contributed by atoms with Crippen LogP contribution in [0.1, 0.15) is 25.0 Å². The molecule has 16 heavy (non-hydrogen) atoms. The molecule has 1 aromatic rings. The Morgan fingerprint density at radius 3 is 2.44 bits per heavy atom. The molecule has 2 nitrogen and oxygen atoms in total. The summed E-state index contributed by atoms with van der Waals surface area (Å²) in [6, 6.07) is 5.79. The van der Waals surface area contributed by atoms with Crippen molar-refractivity contribution in [3.8, 4) is 0 Å². The Labute approximate surface area is 102 Å². The quantitative estimate of drug-likeness (QED) is 0.815. The lowest BCUT2D eigenvalue weighted by Crippen LogP contribution is -2.31. The molecule has 0 aromatic heterocycles. The van der Waals surface area contributed by atoms with Gasteiger partial charge in [-0.1, -0.05) is 26.0 Å². The first-order valence-corrected chi connectivity index (χ1v) is 5.82. The minimum Gasteiger partial charge on any atom is -0.374 e. The van der Waals surface area contributed by atoms with Gasteiger partial charge in [-0.15, -0.1) is 0 Å². The van der Waals surface area contributed by atoms with E-state index >= 15 is 0 Å². The van der Waals surface area contributed by atoms with Gasteiger partial charge in [-0.3, -0.25) is 4.79 Å². The highest BCUT2D eigenvalue weighted by molar-refractivity contribution is 6.65. The molecular formula is C13H18ClNO. The van der Waals surface area contributed by atoms with E-state index in [9.17, 15) is 4.79 Å². The lowest BCUT2D eigenvalue weighted by atomic mass is 10.0. The summed E-state index contributed by atoms with van der Waals surface area (Å²) < 4.78 is 0. The molecule has 0 fully saturated rings. The minimum absolute atomic E-state index is 0.171. The smallest absolute Gasteiger partial charge is 0.244 e. The monoisotopic (exact) mass is 239 g/mol. The normalized spacial score (nSPS) is 12.6. The van der Waals surface area contributed by atoms with Crippen molar-refractivity contribution in [2.75, 3.05) is 5.32 Å². The molecular weight excluding hydrogens is 222 g/mol. The molecule has 1 N–H and O–H groups in total. The topological polar surface area (TPSA) is 29.1 Å². The molecule has 0 saturated heterocycles. The molecule has 0 amide bonds. The van der Waals surface area contributed by atoms with Gasteiger partial charge < -0.3 is 5.32 Å². The number of hydrogen-bond donors (Lipinski definition) is 1. The summed E-state index contributed by atoms with van der Waals surface area (Å²) in [5.41, 5.74) is 3.26. The van der Waals surface area contributed by atoms with Crippen LogP contribution in [-0.2, 0) is 4.79 Å². The highest BCUT2D eigenvalue weighted by atomic mass is 35.5. The number of carbonyl (C=O) groups excluding carboxylic acids is 1. The number of benzene rings is 1. The zero-order valence-corrected chi connectivity index (χ0v) is 10.9. The number of anilines is 1. The zero-order chi connectivity index (χ0) is 12.3. The number of nitrogens with one attached hydrogen (secondary N) is 1. The van der Waals surface area contributed by atoms with Crippen LogP contribution in [-0.4, -0.2) is 11.3 Å². The lowest BCUT2D eigenvalue weighted by molar-refractivity contribution is -0.113. The predicted octanol–water partition coefficient (Wildman–Crippen LogP) is 3.51. The van der Waals surface area contributed by atoms with Gasteiger partial charge in [0.15, 0.2) is 0 Å². The second-order valence-electron chi connectivity index (χ2n) is 4.49. The van der Waals surface area contributed by atoms with Crippen molar-refractivity contribution in [2.45, 2.75) is 33.7 Å². The molecule has 0 aliphatic carbocycles. The van der Waals surface area contributed by atoms with Crippen molar-refractivity contribution in [1.29, 1.82) is 0 Å². The summed E-state index contributed by atoms with van der Waals surface area (Å²) in [4.78, 5) is 11.3. The molecule has 1 atom stereocenters. The predicted molar refractivity (Wildman–Crippen MR) is 69.0 cm³/mol. The van der Waals surface area contributed by atoms with E-state index < -0.39 is 0 Å². The Balaban J connectivity index is 2.93. The van der Waals surface area contributed by atoms with Crippen LogP contribution in [0.2, 0.25) is 0 Å². The van der Waals surface area contributed by atoms with Crippen LogP contribution in [0, 0.1) is 19.8 Å². The van der Waals surface area contributed by atoms with E-state index in [-0.39, 0.29) is 17.2 Å². The van der Waals surface area contributed by atoms with E-state index in [0.29, 0.717) is 0 Å². The summed E-state index contributed by atoms with van der Waals surface area (Å²) >= 11 is 5.58. The molecule has 3 heteroatoms. The maximum Gasteiger partial charge on any atom is 0.244 e. The fourth-order valence-electron chi connectivity index (χ4n) is 1.54. The third-order valence-corrected chi connectivity index (χ3v) is 2.85. The number of carbonyl (C=O) groups is 1. The second-order valence-corrected chi connectivity index (χ2v) is 4.86. The number of hydrogen-bond acceptors (Lipinski definition) is 2. The zero-order valence-electron chi connectivity index (χ0n) is 10.2. The molecule has 0 heterocycles. The largest absolute Gasteiger partial charge is 0.374 e. The van der Waals surface area contributed by atoms with E-state index in [1.54, 1.807) is 0 Å². The van der Waals surface area contributed by atoms with Crippen molar-refractivity contribution in [1.82, 2.24) is 0 Å². The van der Waals surface area contributed by atoms with Gasteiger partial charge in [0.05, 0.1) is 0 Å². The summed E-state index contributed by atoms with van der Waals surface area (Å²) in [7, 11) is 0. The van der Waals surface area contributed by atoms with Crippen molar-refractivity contribution >= 4 is 22.5 Å². The van der Waals surface area contributed by atoms with Crippen LogP contribution in [0.5, 0.6) is 0 Å². The third-order valence-electron chi connectivity index (χ3n) is 2.62. The van der Waals surface area contributed by atoms with Gasteiger partial charge >= 0.3 is 0 Å². The summed E-state index contributed by atoms with van der Waals surface area (Å²) in [6.45, 7) is 7.99. The molecule has 0 aliphatic rings. The first-order valence-electron chi connectivity index (χ1n) is 5.45. The lowest BCUT2D eigenvalue weighted by Gasteiger charge is -2.21. The standard InChI is InChI=1S/C13H18ClNO/c1-8(2)12(13(14)16)15-11-7-9(3)5-6-10(11)4/h5-8,12,15H,1-4H3. The fourth-order valence-corrected chi connectivity index (χ4v) is 1.85. The number of halogens is 1. The Morgan fingerprint density at radius 2 is 1.94 bits per heavy atom. The molecule has 0 bridgehead atoms. The summed E-state index contributed by atoms with van der Waals surface area (Å²) in [6.07, 6.45) is 0. The van der Waals surface area contributed by atoms with E-state index in [4.69, 9.17) is 11.6 Å². The fraction of sp³-hybridized carbons (Fsp3) is 0.462. The average molecular weight is 240 g/mol. The molecule has 1 rings (SSSR count). The summed E-state index contributed by atoms with van der Waals surface area (Å²) in [5.74, 6) is 0.171. The minimum atomic E-state index is -0.337. The van der Waals surface area contributed by atoms with Crippen LogP contribution in [0.25, 0.3) is 0 Å². The van der Waals surface area contributed by atoms with Gasteiger partial charge in [0.25, 0.3) is 0 Å². The van der Waals surface area contributed by atoms with Gasteiger partial charge in [0.2, 0.25) is 5.24 Å². The van der Waals surface area contributed by atoms with Crippen LogP contribution in [0.15, 0.2) is 18.2 Å². The van der Waals surface area contributed by atoms with Crippen LogP contribution < -0.4 is 5.32 Å². The van der Waals surface area contributed by atoms with Gasteiger partial charge in [-0.05, 0) is 48.6 Å². The Hall–Kier alpha value is -1.02. The third kappa shape index (κ3) is 3.24. The van der Waals surface area contributed by atoms with Gasteiger partial charge in [0.1, 0.15) is 6.04 Å². The van der Waals surface area contributed by atoms with Gasteiger partial charge in [0, 0.05) is 5.69 Å². The highest BCUT2D eigenvalue weighted by Crippen LogP contribution is 2.20. The van der Waals surface area contributed by atoms with E-state index in [0.717, 1.165) is 16.8 Å². The van der Waals surface area contributed by atoms with Crippen molar-refractivity contribution in [3.63, 3.8) is 0 Å². The van der Waals surface area contributed by atoms with Crippen LogP contribution in [0.3, 0.4) is 0 Å². The molecule has 0 radical (unpaired) electrons. The van der Waals surface area contributed by atoms with Crippen LogP contribution >= 0.6 is 11.6 Å². The molecule has 0 aliphatic heterocycles. The first kappa shape index (κ1) is 13.0. The second kappa shape index (κ2) is 5.35. The van der Waals surface area contributed by atoms with Crippen molar-refractivity contribution < 1.29 is 4.79 Å². The van der Waals surface area contributed by atoms with E-state index in [1.807, 2.05) is 45.9 Å². The Kier molecular flexibility index (Phi) is 4.36. The molecule has 0 saturated carbocycles. The maximum absolute atomic E-state index is 11.3. The summed E-state index contributed by atoms with van der Waals surface area (Å²) in [5, 5.41) is 2.87. The van der Waals surface area contributed by atoms with E-state index in [1.165, 1.54) is 0 Å². The van der Waals surface area contributed by atoms with E-state index in [2.05, 4.69) is 5.32 Å². The van der Waals surface area contributed by atoms with Crippen LogP contribution in [0.4, 0.5) is 5.69 Å². The van der Waals surface area contributed by atoms with Crippen molar-refractivity contribution in [3.05, 3.63) is 29.3 Å². The molecule has 88 valence electrons. The maximum atomic E-state index is 11.3. The molecule has 1 aromatic carbocycles. The van der Waals surface area contributed by atoms with Gasteiger partial charge in [-0.2, -0.15) is 0 Å². The highest BCUT2D eigenvalue weighted by Gasteiger charge is 2.20. The SMILES string of the molecule is Cc1ccc(C)c(NC(C(=O)Cl)C(C)C)c1. The number of aryl methyl sites for hydroxylation is 2. The van der Waals surface area contributed by atoms with Gasteiger partial charge in [-0.25, -0.2) is 0 Å². The Morgan fingerprint density at radius 1 is 1.31 bits per heavy atom.